The number of aromatic amines is 2. The number of benzene rings is 2. The van der Waals surface area contributed by atoms with Gasteiger partial charge in [0.1, 0.15) is 17.5 Å². The summed E-state index contributed by atoms with van der Waals surface area (Å²) in [4.78, 5) is 54.0. The smallest absolute Gasteiger partial charge is 0.409 e. The van der Waals surface area contributed by atoms with Crippen molar-refractivity contribution in [1.29, 1.82) is 0 Å². The van der Waals surface area contributed by atoms with Crippen LogP contribution in [0.4, 0.5) is 16.4 Å². The van der Waals surface area contributed by atoms with Crippen LogP contribution < -0.4 is 15.4 Å². The molecule has 0 unspecified atom stereocenters. The lowest BCUT2D eigenvalue weighted by atomic mass is 10.1. The van der Waals surface area contributed by atoms with E-state index < -0.39 is 11.8 Å². The maximum absolute atomic E-state index is 13.1. The molecule has 42 heavy (non-hydrogen) atoms. The fourth-order valence-corrected chi connectivity index (χ4v) is 4.73. The first-order valence-corrected chi connectivity index (χ1v) is 14.0. The van der Waals surface area contributed by atoms with Crippen molar-refractivity contribution >= 4 is 52.2 Å². The summed E-state index contributed by atoms with van der Waals surface area (Å²) in [5.74, 6) is 0.0366. The molecule has 3 heterocycles. The Morgan fingerprint density at radius 3 is 2.62 bits per heavy atom. The molecule has 4 aromatic rings. The summed E-state index contributed by atoms with van der Waals surface area (Å²) in [5, 5.41) is 5.99. The van der Waals surface area contributed by atoms with Gasteiger partial charge in [-0.25, -0.2) is 14.8 Å². The van der Waals surface area contributed by atoms with Gasteiger partial charge in [0.15, 0.2) is 5.69 Å². The number of likely N-dealkylation sites (tertiary alicyclic amines) is 1. The van der Waals surface area contributed by atoms with Gasteiger partial charge in [-0.15, -0.1) is 0 Å². The van der Waals surface area contributed by atoms with Crippen LogP contribution in [0, 0.1) is 12.8 Å². The number of hydrogen-bond donors (Lipinski definition) is 4. The highest BCUT2D eigenvalue weighted by atomic mass is 35.5. The third kappa shape index (κ3) is 6.82. The summed E-state index contributed by atoms with van der Waals surface area (Å²) in [6, 6.07) is 10.5. The van der Waals surface area contributed by atoms with Crippen molar-refractivity contribution in [2.75, 3.05) is 30.3 Å². The van der Waals surface area contributed by atoms with Gasteiger partial charge in [-0.1, -0.05) is 25.4 Å². The molecule has 3 amide bonds. The van der Waals surface area contributed by atoms with E-state index in [4.69, 9.17) is 21.1 Å². The maximum atomic E-state index is 13.1. The number of anilines is 2. The molecule has 0 atom stereocenters. The highest BCUT2D eigenvalue weighted by molar-refractivity contribution is 6.31. The molecule has 2 aromatic heterocycles. The van der Waals surface area contributed by atoms with Gasteiger partial charge in [-0.3, -0.25) is 14.9 Å². The van der Waals surface area contributed by atoms with Crippen molar-refractivity contribution in [3.8, 4) is 5.75 Å². The zero-order valence-corrected chi connectivity index (χ0v) is 24.2. The highest BCUT2D eigenvalue weighted by Gasteiger charge is 2.26. The number of hydrogen-bond acceptors (Lipinski definition) is 7. The molecule has 0 radical (unpaired) electrons. The second kappa shape index (κ2) is 12.5. The van der Waals surface area contributed by atoms with E-state index in [1.54, 1.807) is 35.2 Å². The Bertz CT molecular complexity index is 1610. The second-order valence-corrected chi connectivity index (χ2v) is 11.0. The van der Waals surface area contributed by atoms with Crippen molar-refractivity contribution in [3.05, 3.63) is 64.7 Å². The molecule has 12 nitrogen and oxygen atoms in total. The Morgan fingerprint density at radius 2 is 1.88 bits per heavy atom. The van der Waals surface area contributed by atoms with Gasteiger partial charge in [0.25, 0.3) is 11.8 Å². The summed E-state index contributed by atoms with van der Waals surface area (Å²) in [6.45, 7) is 7.40. The van der Waals surface area contributed by atoms with E-state index in [-0.39, 0.29) is 29.5 Å². The zero-order chi connectivity index (χ0) is 29.8. The molecule has 0 spiro atoms. The summed E-state index contributed by atoms with van der Waals surface area (Å²) in [5.41, 5.74) is 2.55. The third-order valence-corrected chi connectivity index (χ3v) is 6.98. The first kappa shape index (κ1) is 28.9. The quantitative estimate of drug-likeness (QED) is 0.213. The van der Waals surface area contributed by atoms with E-state index in [0.29, 0.717) is 65.9 Å². The lowest BCUT2D eigenvalue weighted by molar-refractivity contribution is 0.0618. The maximum Gasteiger partial charge on any atom is 0.409 e. The van der Waals surface area contributed by atoms with Crippen LogP contribution in [0.25, 0.3) is 11.0 Å². The molecule has 0 saturated carbocycles. The molecule has 1 fully saturated rings. The normalized spacial score (nSPS) is 13.8. The van der Waals surface area contributed by atoms with Gasteiger partial charge in [0, 0.05) is 36.6 Å². The molecule has 5 rings (SSSR count). The van der Waals surface area contributed by atoms with Crippen molar-refractivity contribution in [2.24, 2.45) is 5.92 Å². The minimum absolute atomic E-state index is 0.0111. The topological polar surface area (TPSA) is 154 Å². The minimum atomic E-state index is -0.581. The molecule has 13 heteroatoms. The Hall–Kier alpha value is -4.58. The van der Waals surface area contributed by atoms with Crippen LogP contribution in [0.3, 0.4) is 0 Å². The number of nitrogens with zero attached hydrogens (tertiary/aromatic N) is 3. The Labute approximate surface area is 247 Å². The molecule has 1 aliphatic rings. The molecule has 1 saturated heterocycles. The highest BCUT2D eigenvalue weighted by Crippen LogP contribution is 2.26. The van der Waals surface area contributed by atoms with Crippen molar-refractivity contribution in [1.82, 2.24) is 24.8 Å². The van der Waals surface area contributed by atoms with E-state index in [1.165, 1.54) is 6.33 Å². The molecular formula is C29H32ClN7O5. The standard InChI is InChI=1S/C29H32ClN7O5/c1-16(2)14-41-29(40)37-10-8-19(9-11-37)42-20-5-7-21(17(3)12-20)33-26(38)24-25(32-15-31-24)27(39)36-28-34-22-6-4-18(30)13-23(22)35-28/h4-7,12-13,15-16,19H,8-11,14H2,1-3H3,(H,31,32)(H,33,38)(H2,34,35,36,39). The Kier molecular flexibility index (Phi) is 8.62. The Morgan fingerprint density at radius 1 is 1.10 bits per heavy atom. The number of aryl methyl sites for hydroxylation is 1. The van der Waals surface area contributed by atoms with Crippen LogP contribution in [0.5, 0.6) is 5.75 Å². The summed E-state index contributed by atoms with van der Waals surface area (Å²) < 4.78 is 11.5. The third-order valence-electron chi connectivity index (χ3n) is 6.75. The first-order valence-electron chi connectivity index (χ1n) is 13.7. The molecule has 4 N–H and O–H groups in total. The predicted octanol–water partition coefficient (Wildman–Crippen LogP) is 5.39. The first-order chi connectivity index (χ1) is 20.2. The lowest BCUT2D eigenvalue weighted by Crippen LogP contribution is -2.42. The molecule has 220 valence electrons. The molecular weight excluding hydrogens is 562 g/mol. The molecule has 0 aliphatic carbocycles. The van der Waals surface area contributed by atoms with Gasteiger partial charge in [0.05, 0.1) is 24.0 Å². The average Bonchev–Trinajstić information content (AvgIpc) is 3.60. The molecule has 1 aliphatic heterocycles. The average molecular weight is 594 g/mol. The number of piperidine rings is 1. The van der Waals surface area contributed by atoms with Crippen LogP contribution >= 0.6 is 11.6 Å². The number of rotatable bonds is 8. The number of H-pyrrole nitrogens is 2. The number of amides is 3. The van der Waals surface area contributed by atoms with Crippen molar-refractivity contribution in [2.45, 2.75) is 39.7 Å². The summed E-state index contributed by atoms with van der Waals surface area (Å²) in [6.07, 6.45) is 2.35. The molecule has 0 bridgehead atoms. The van der Waals surface area contributed by atoms with Gasteiger partial charge in [-0.05, 0) is 54.8 Å². The monoisotopic (exact) mass is 593 g/mol. The second-order valence-electron chi connectivity index (χ2n) is 10.5. The van der Waals surface area contributed by atoms with Gasteiger partial charge < -0.3 is 29.7 Å². The predicted molar refractivity (Wildman–Crippen MR) is 158 cm³/mol. The van der Waals surface area contributed by atoms with E-state index in [2.05, 4.69) is 30.6 Å². The number of aromatic nitrogens is 4. The summed E-state index contributed by atoms with van der Waals surface area (Å²) >= 11 is 6.02. The number of fused-ring (bicyclic) bond motifs is 1. The molecule has 2 aromatic carbocycles. The minimum Gasteiger partial charge on any atom is -0.490 e. The van der Waals surface area contributed by atoms with Crippen LogP contribution in [0.15, 0.2) is 42.7 Å². The van der Waals surface area contributed by atoms with Crippen LogP contribution in [0.2, 0.25) is 5.02 Å². The van der Waals surface area contributed by atoms with Crippen molar-refractivity contribution < 1.29 is 23.9 Å². The lowest BCUT2D eigenvalue weighted by Gasteiger charge is -2.31. The van der Waals surface area contributed by atoms with Gasteiger partial charge >= 0.3 is 6.09 Å². The van der Waals surface area contributed by atoms with E-state index in [0.717, 1.165) is 5.56 Å². The number of halogens is 1. The van der Waals surface area contributed by atoms with Crippen LogP contribution in [0.1, 0.15) is 53.2 Å². The number of carbonyl (C=O) groups is 3. The van der Waals surface area contributed by atoms with E-state index in [1.807, 2.05) is 26.8 Å². The van der Waals surface area contributed by atoms with E-state index >= 15 is 0 Å². The largest absolute Gasteiger partial charge is 0.490 e. The van der Waals surface area contributed by atoms with Gasteiger partial charge in [0.2, 0.25) is 5.95 Å². The fraction of sp³-hybridized carbons (Fsp3) is 0.345. The van der Waals surface area contributed by atoms with Crippen LogP contribution in [-0.2, 0) is 4.74 Å². The Balaban J connectivity index is 1.16. The zero-order valence-electron chi connectivity index (χ0n) is 23.5. The number of imidazole rings is 2. The number of ether oxygens (including phenoxy) is 2. The fourth-order valence-electron chi connectivity index (χ4n) is 4.56. The van der Waals surface area contributed by atoms with Gasteiger partial charge in [-0.2, -0.15) is 0 Å². The summed E-state index contributed by atoms with van der Waals surface area (Å²) in [7, 11) is 0. The SMILES string of the molecule is Cc1cc(OC2CCN(C(=O)OCC(C)C)CC2)ccc1NC(=O)c1nc[nH]c1C(=O)Nc1nc2ccc(Cl)cc2[nH]1. The van der Waals surface area contributed by atoms with E-state index in [9.17, 15) is 14.4 Å². The van der Waals surface area contributed by atoms with Crippen molar-refractivity contribution in [3.63, 3.8) is 0 Å². The number of nitrogens with one attached hydrogen (secondary N) is 4. The van der Waals surface area contributed by atoms with Crippen LogP contribution in [-0.4, -0.2) is 68.5 Å². The number of carbonyl (C=O) groups excluding carboxylic acids is 3.